The number of hydrogen-bond donors (Lipinski definition) is 4. The third kappa shape index (κ3) is 3.46. The molecule has 4 atom stereocenters. The Balaban J connectivity index is 1.59. The number of carbonyl (C=O) groups is 1. The molecule has 1 aromatic heterocycles. The number of hydrazine groups is 1. The van der Waals surface area contributed by atoms with E-state index in [4.69, 9.17) is 4.74 Å². The van der Waals surface area contributed by atoms with Gasteiger partial charge in [-0.1, -0.05) is 12.1 Å². The molecule has 0 spiro atoms. The molecule has 2 aliphatic heterocycles. The Labute approximate surface area is 162 Å². The lowest BCUT2D eigenvalue weighted by molar-refractivity contribution is -0.131. The number of amides is 1. The lowest BCUT2D eigenvalue weighted by Crippen LogP contribution is -2.60. The molecule has 9 heteroatoms. The maximum Gasteiger partial charge on any atom is 0.244 e. The van der Waals surface area contributed by atoms with Gasteiger partial charge in [0.05, 0.1) is 31.0 Å². The number of fused-ring (bicyclic) bond motifs is 1. The number of methoxy groups -OCH3 is 1. The highest BCUT2D eigenvalue weighted by atomic mass is 19.1. The molecular weight excluding hydrogens is 363 g/mol. The third-order valence-corrected chi connectivity index (χ3v) is 5.11. The summed E-state index contributed by atoms with van der Waals surface area (Å²) in [5.41, 5.74) is 3.66. The van der Waals surface area contributed by atoms with Crippen LogP contribution in [0.1, 0.15) is 6.42 Å². The summed E-state index contributed by atoms with van der Waals surface area (Å²) in [6.45, 7) is 0. The van der Waals surface area contributed by atoms with Crippen molar-refractivity contribution in [3.05, 3.63) is 48.4 Å². The summed E-state index contributed by atoms with van der Waals surface area (Å²) in [6, 6.07) is 10.1. The van der Waals surface area contributed by atoms with Crippen LogP contribution in [0.15, 0.2) is 42.6 Å². The van der Waals surface area contributed by atoms with Crippen molar-refractivity contribution in [2.75, 3.05) is 24.8 Å². The second kappa shape index (κ2) is 7.61. The van der Waals surface area contributed by atoms with Crippen molar-refractivity contribution < 1.29 is 13.9 Å². The standard InChI is InChI=1S/C19H23FN6O2/c1-26-19(27)16-13(22-12-7-5-6-11(20)17(12)28-2)10-15(24-18(16)25-26)23-14-8-3-4-9-21-14/h3-9,13,15-16,18,22,24-25H,10H2,1-2H3,(H,21,23). The molecule has 4 rings (SSSR count). The van der Waals surface area contributed by atoms with Gasteiger partial charge in [0.25, 0.3) is 0 Å². The topological polar surface area (TPSA) is 90.5 Å². The van der Waals surface area contributed by atoms with Gasteiger partial charge in [0.1, 0.15) is 5.82 Å². The highest BCUT2D eigenvalue weighted by molar-refractivity contribution is 5.82. The Morgan fingerprint density at radius 1 is 1.25 bits per heavy atom. The van der Waals surface area contributed by atoms with Crippen LogP contribution >= 0.6 is 0 Å². The van der Waals surface area contributed by atoms with Crippen LogP contribution in [0.5, 0.6) is 5.75 Å². The highest BCUT2D eigenvalue weighted by Crippen LogP contribution is 2.33. The van der Waals surface area contributed by atoms with E-state index < -0.39 is 5.82 Å². The fourth-order valence-electron chi connectivity index (χ4n) is 3.86. The average Bonchev–Trinajstić information content (AvgIpc) is 2.97. The molecule has 1 amide bonds. The summed E-state index contributed by atoms with van der Waals surface area (Å²) < 4.78 is 19.3. The molecule has 8 nitrogen and oxygen atoms in total. The van der Waals surface area contributed by atoms with Crippen molar-refractivity contribution in [3.8, 4) is 5.75 Å². The number of ether oxygens (including phenoxy) is 1. The first-order valence-electron chi connectivity index (χ1n) is 9.13. The van der Waals surface area contributed by atoms with Gasteiger partial charge in [-0.05, 0) is 24.3 Å². The molecule has 0 radical (unpaired) electrons. The van der Waals surface area contributed by atoms with Crippen molar-refractivity contribution in [2.45, 2.75) is 24.8 Å². The number of nitrogens with zero attached hydrogens (tertiary/aromatic N) is 2. The Morgan fingerprint density at radius 2 is 2.11 bits per heavy atom. The second-order valence-electron chi connectivity index (χ2n) is 6.92. The lowest BCUT2D eigenvalue weighted by Gasteiger charge is -2.38. The fraction of sp³-hybridized carbons (Fsp3) is 0.368. The van der Waals surface area contributed by atoms with Crippen LogP contribution in [-0.4, -0.2) is 48.4 Å². The van der Waals surface area contributed by atoms with Crippen LogP contribution in [0.4, 0.5) is 15.9 Å². The van der Waals surface area contributed by atoms with E-state index in [1.54, 1.807) is 25.4 Å². The largest absolute Gasteiger partial charge is 0.492 e. The number of carbonyl (C=O) groups excluding carboxylic acids is 1. The normalized spacial score (nSPS) is 26.7. The number of para-hydroxylation sites is 1. The van der Waals surface area contributed by atoms with Gasteiger partial charge in [-0.3, -0.25) is 15.1 Å². The molecule has 0 aliphatic carbocycles. The first kappa shape index (κ1) is 18.5. The van der Waals surface area contributed by atoms with Crippen LogP contribution < -0.4 is 26.1 Å². The molecule has 4 unspecified atom stereocenters. The predicted molar refractivity (Wildman–Crippen MR) is 103 cm³/mol. The molecule has 1 aromatic carbocycles. The van der Waals surface area contributed by atoms with E-state index in [9.17, 15) is 9.18 Å². The van der Waals surface area contributed by atoms with Crippen LogP contribution in [0.3, 0.4) is 0 Å². The van der Waals surface area contributed by atoms with Gasteiger partial charge in [-0.25, -0.2) is 14.8 Å². The smallest absolute Gasteiger partial charge is 0.244 e. The zero-order valence-electron chi connectivity index (χ0n) is 15.6. The van der Waals surface area contributed by atoms with Gasteiger partial charge in [0.15, 0.2) is 11.6 Å². The van der Waals surface area contributed by atoms with Crippen molar-refractivity contribution >= 4 is 17.4 Å². The Kier molecular flexibility index (Phi) is 5.01. The van der Waals surface area contributed by atoms with E-state index in [0.29, 0.717) is 12.1 Å². The molecule has 0 saturated carbocycles. The first-order valence-corrected chi connectivity index (χ1v) is 9.13. The maximum atomic E-state index is 14.1. The number of benzene rings is 1. The molecule has 28 heavy (non-hydrogen) atoms. The first-order chi connectivity index (χ1) is 13.6. The van der Waals surface area contributed by atoms with Gasteiger partial charge >= 0.3 is 0 Å². The van der Waals surface area contributed by atoms with Crippen molar-refractivity contribution in [1.29, 1.82) is 0 Å². The molecule has 2 fully saturated rings. The van der Waals surface area contributed by atoms with E-state index >= 15 is 0 Å². The third-order valence-electron chi connectivity index (χ3n) is 5.11. The second-order valence-corrected chi connectivity index (χ2v) is 6.92. The summed E-state index contributed by atoms with van der Waals surface area (Å²) in [5, 5.41) is 11.6. The SMILES string of the molecule is COc1c(F)cccc1NC1CC(Nc2ccccn2)NC2NN(C)C(=O)C12. The van der Waals surface area contributed by atoms with Crippen LogP contribution in [0, 0.1) is 11.7 Å². The number of rotatable bonds is 5. The van der Waals surface area contributed by atoms with Gasteiger partial charge in [0.2, 0.25) is 5.91 Å². The van der Waals surface area contributed by atoms with Crippen molar-refractivity contribution in [3.63, 3.8) is 0 Å². The maximum absolute atomic E-state index is 14.1. The van der Waals surface area contributed by atoms with E-state index in [0.717, 1.165) is 5.82 Å². The summed E-state index contributed by atoms with van der Waals surface area (Å²) in [5.74, 6) is 0.0485. The van der Waals surface area contributed by atoms with Gasteiger partial charge in [-0.2, -0.15) is 0 Å². The number of piperidine rings is 1. The monoisotopic (exact) mass is 386 g/mol. The van der Waals surface area contributed by atoms with Gasteiger partial charge in [0, 0.05) is 25.7 Å². The van der Waals surface area contributed by atoms with E-state index in [2.05, 4.69) is 26.4 Å². The van der Waals surface area contributed by atoms with Gasteiger partial charge in [-0.15, -0.1) is 0 Å². The number of aromatic nitrogens is 1. The summed E-state index contributed by atoms with van der Waals surface area (Å²) in [7, 11) is 3.12. The lowest BCUT2D eigenvalue weighted by atomic mass is 9.88. The average molecular weight is 386 g/mol. The van der Waals surface area contributed by atoms with Crippen LogP contribution in [0.25, 0.3) is 0 Å². The highest BCUT2D eigenvalue weighted by Gasteiger charge is 2.48. The van der Waals surface area contributed by atoms with E-state index in [-0.39, 0.29) is 35.9 Å². The number of pyridine rings is 1. The minimum absolute atomic E-state index is 0.0262. The van der Waals surface area contributed by atoms with Crippen LogP contribution in [0.2, 0.25) is 0 Å². The Hall–Kier alpha value is -2.91. The van der Waals surface area contributed by atoms with Crippen molar-refractivity contribution in [1.82, 2.24) is 20.7 Å². The molecular formula is C19H23FN6O2. The number of nitrogens with one attached hydrogen (secondary N) is 4. The predicted octanol–water partition coefficient (Wildman–Crippen LogP) is 1.36. The quantitative estimate of drug-likeness (QED) is 0.617. The zero-order chi connectivity index (χ0) is 19.7. The van der Waals surface area contributed by atoms with Crippen molar-refractivity contribution in [2.24, 2.45) is 5.92 Å². The molecule has 2 aliphatic rings. The summed E-state index contributed by atoms with van der Waals surface area (Å²) in [4.78, 5) is 17.0. The Bertz CT molecular complexity index is 852. The fourth-order valence-corrected chi connectivity index (χ4v) is 3.86. The molecule has 3 heterocycles. The van der Waals surface area contributed by atoms with Gasteiger partial charge < -0.3 is 15.4 Å². The summed E-state index contributed by atoms with van der Waals surface area (Å²) >= 11 is 0. The minimum atomic E-state index is -0.450. The summed E-state index contributed by atoms with van der Waals surface area (Å²) in [6.07, 6.45) is 1.90. The molecule has 4 N–H and O–H groups in total. The number of halogens is 1. The number of anilines is 2. The van der Waals surface area contributed by atoms with Crippen LogP contribution in [-0.2, 0) is 4.79 Å². The van der Waals surface area contributed by atoms with E-state index in [1.807, 2.05) is 18.2 Å². The minimum Gasteiger partial charge on any atom is -0.492 e. The number of hydrogen-bond acceptors (Lipinski definition) is 7. The molecule has 148 valence electrons. The Morgan fingerprint density at radius 3 is 2.86 bits per heavy atom. The molecule has 2 saturated heterocycles. The zero-order valence-corrected chi connectivity index (χ0v) is 15.6. The van der Waals surface area contributed by atoms with E-state index in [1.165, 1.54) is 18.2 Å². The molecule has 2 aromatic rings. The molecule has 0 bridgehead atoms.